The molecular formula is C28H31ClF3N3O3. The monoisotopic (exact) mass is 549 g/mol. The second kappa shape index (κ2) is 11.3. The van der Waals surface area contributed by atoms with Crippen molar-refractivity contribution in [3.8, 4) is 34.5 Å². The zero-order valence-electron chi connectivity index (χ0n) is 22.2. The molecule has 204 valence electrons. The van der Waals surface area contributed by atoms with Gasteiger partial charge in [-0.25, -0.2) is 4.98 Å². The molecule has 6 nitrogen and oxygen atoms in total. The number of Topliss-reactive ketones (excluding diaryl/α,β-unsaturated/α-hetero) is 1. The number of benzene rings is 2. The van der Waals surface area contributed by atoms with Crippen LogP contribution in [0.4, 0.5) is 13.2 Å². The molecule has 38 heavy (non-hydrogen) atoms. The van der Waals surface area contributed by atoms with Crippen molar-refractivity contribution < 1.29 is 27.4 Å². The Bertz CT molecular complexity index is 1290. The third-order valence-corrected chi connectivity index (χ3v) is 6.23. The molecule has 0 aliphatic heterocycles. The van der Waals surface area contributed by atoms with Gasteiger partial charge in [-0.15, -0.1) is 0 Å². The molecule has 1 heterocycles. The number of nitrogens with zero attached hydrogens (tertiary/aromatic N) is 3. The van der Waals surface area contributed by atoms with E-state index in [1.807, 2.05) is 24.3 Å². The van der Waals surface area contributed by atoms with Gasteiger partial charge in [-0.3, -0.25) is 4.79 Å². The Morgan fingerprint density at radius 1 is 0.921 bits per heavy atom. The maximum absolute atomic E-state index is 13.2. The summed E-state index contributed by atoms with van der Waals surface area (Å²) in [4.78, 5) is 25.5. The standard InChI is InChI=1S/C28H31ClF3N3O3/c1-26(2,3)16-38-19-11-9-18(10-12-19)23-33-24(35-25(34-23)37-6)20-15-17(7-13-21(20)29)8-14-22(36)27(4,5)28(30,31)32/h7,9-13,15H,8,14,16H2,1-6H3. The molecule has 0 atom stereocenters. The van der Waals surface area contributed by atoms with Gasteiger partial charge in [0.1, 0.15) is 16.9 Å². The molecule has 10 heteroatoms. The Morgan fingerprint density at radius 2 is 1.55 bits per heavy atom. The van der Waals surface area contributed by atoms with Crippen LogP contribution in [0.1, 0.15) is 46.6 Å². The molecule has 0 fully saturated rings. The maximum atomic E-state index is 13.2. The van der Waals surface area contributed by atoms with E-state index in [2.05, 4.69) is 35.7 Å². The lowest BCUT2D eigenvalue weighted by Gasteiger charge is -2.26. The number of alkyl halides is 3. The summed E-state index contributed by atoms with van der Waals surface area (Å²) in [6.07, 6.45) is -4.79. The summed E-state index contributed by atoms with van der Waals surface area (Å²) in [6.45, 7) is 8.60. The van der Waals surface area contributed by atoms with Crippen molar-refractivity contribution >= 4 is 17.4 Å². The predicted octanol–water partition coefficient (Wildman–Crippen LogP) is 7.38. The highest BCUT2D eigenvalue weighted by atomic mass is 35.5. The van der Waals surface area contributed by atoms with Gasteiger partial charge in [0.15, 0.2) is 11.6 Å². The van der Waals surface area contributed by atoms with Gasteiger partial charge in [0, 0.05) is 17.5 Å². The topological polar surface area (TPSA) is 74.2 Å². The first-order chi connectivity index (χ1) is 17.6. The van der Waals surface area contributed by atoms with Gasteiger partial charge in [0.25, 0.3) is 0 Å². The van der Waals surface area contributed by atoms with Gasteiger partial charge in [0.05, 0.1) is 18.7 Å². The van der Waals surface area contributed by atoms with Crippen LogP contribution in [0.2, 0.25) is 5.02 Å². The molecule has 0 aliphatic carbocycles. The molecule has 0 spiro atoms. The van der Waals surface area contributed by atoms with Crippen LogP contribution in [0.5, 0.6) is 11.8 Å². The number of aromatic nitrogens is 3. The molecule has 0 N–H and O–H groups in total. The molecule has 0 radical (unpaired) electrons. The summed E-state index contributed by atoms with van der Waals surface area (Å²) in [5.41, 5.74) is -0.644. The van der Waals surface area contributed by atoms with Crippen molar-refractivity contribution in [2.45, 2.75) is 53.6 Å². The van der Waals surface area contributed by atoms with Gasteiger partial charge in [-0.05, 0) is 67.6 Å². The number of aryl methyl sites for hydroxylation is 1. The molecule has 0 saturated carbocycles. The minimum absolute atomic E-state index is 0.0186. The number of rotatable bonds is 9. The Hall–Kier alpha value is -3.20. The molecule has 0 bridgehead atoms. The fourth-order valence-electron chi connectivity index (χ4n) is 3.33. The summed E-state index contributed by atoms with van der Waals surface area (Å²) in [5.74, 6) is 0.399. The number of halogens is 4. The van der Waals surface area contributed by atoms with Crippen LogP contribution in [-0.4, -0.2) is 40.6 Å². The Kier molecular flexibility index (Phi) is 8.71. The van der Waals surface area contributed by atoms with E-state index >= 15 is 0 Å². The quantitative estimate of drug-likeness (QED) is 0.277. The number of ketones is 1. The number of ether oxygens (including phenoxy) is 2. The smallest absolute Gasteiger partial charge is 0.400 e. The molecule has 1 aromatic heterocycles. The van der Waals surface area contributed by atoms with Gasteiger partial charge in [-0.2, -0.15) is 23.1 Å². The summed E-state index contributed by atoms with van der Waals surface area (Å²) < 4.78 is 50.8. The molecule has 0 amide bonds. The molecule has 0 unspecified atom stereocenters. The zero-order valence-corrected chi connectivity index (χ0v) is 23.0. The molecule has 0 aliphatic rings. The van der Waals surface area contributed by atoms with Crippen molar-refractivity contribution in [1.29, 1.82) is 0 Å². The lowest BCUT2D eigenvalue weighted by Crippen LogP contribution is -2.39. The molecular weight excluding hydrogens is 519 g/mol. The van der Waals surface area contributed by atoms with Crippen LogP contribution in [0.3, 0.4) is 0 Å². The second-order valence-electron chi connectivity index (χ2n) is 10.7. The molecule has 3 aromatic rings. The van der Waals surface area contributed by atoms with Crippen molar-refractivity contribution in [1.82, 2.24) is 15.0 Å². The normalized spacial score (nSPS) is 12.4. The van der Waals surface area contributed by atoms with Crippen molar-refractivity contribution in [3.05, 3.63) is 53.1 Å². The minimum Gasteiger partial charge on any atom is -0.493 e. The van der Waals surface area contributed by atoms with E-state index in [1.54, 1.807) is 18.2 Å². The van der Waals surface area contributed by atoms with E-state index < -0.39 is 17.4 Å². The highest BCUT2D eigenvalue weighted by molar-refractivity contribution is 6.33. The number of methoxy groups -OCH3 is 1. The maximum Gasteiger partial charge on any atom is 0.400 e. The van der Waals surface area contributed by atoms with Gasteiger partial charge in [-0.1, -0.05) is 38.4 Å². The summed E-state index contributed by atoms with van der Waals surface area (Å²) in [6, 6.07) is 12.3. The summed E-state index contributed by atoms with van der Waals surface area (Å²) >= 11 is 6.44. The zero-order chi connectivity index (χ0) is 28.3. The van der Waals surface area contributed by atoms with Crippen LogP contribution in [-0.2, 0) is 11.2 Å². The first kappa shape index (κ1) is 29.4. The lowest BCUT2D eigenvalue weighted by molar-refractivity contribution is -0.210. The number of carbonyl (C=O) groups excluding carboxylic acids is 1. The van der Waals surface area contributed by atoms with Gasteiger partial charge < -0.3 is 9.47 Å². The number of hydrogen-bond acceptors (Lipinski definition) is 6. The second-order valence-corrected chi connectivity index (χ2v) is 11.1. The predicted molar refractivity (Wildman–Crippen MR) is 140 cm³/mol. The summed E-state index contributed by atoms with van der Waals surface area (Å²) in [7, 11) is 1.43. The third-order valence-electron chi connectivity index (χ3n) is 5.90. The number of carbonyl (C=O) groups is 1. The van der Waals surface area contributed by atoms with E-state index in [-0.39, 0.29) is 30.1 Å². The minimum atomic E-state index is -4.62. The van der Waals surface area contributed by atoms with E-state index in [0.717, 1.165) is 13.8 Å². The van der Waals surface area contributed by atoms with E-state index in [9.17, 15) is 18.0 Å². The Balaban J connectivity index is 1.87. The van der Waals surface area contributed by atoms with E-state index in [4.69, 9.17) is 21.1 Å². The van der Waals surface area contributed by atoms with Crippen molar-refractivity contribution in [3.63, 3.8) is 0 Å². The van der Waals surface area contributed by atoms with Crippen LogP contribution >= 0.6 is 11.6 Å². The molecule has 0 saturated heterocycles. The van der Waals surface area contributed by atoms with Crippen LogP contribution < -0.4 is 9.47 Å². The average Bonchev–Trinajstić information content (AvgIpc) is 2.85. The average molecular weight is 550 g/mol. The summed E-state index contributed by atoms with van der Waals surface area (Å²) in [5, 5.41) is 0.334. The third kappa shape index (κ3) is 7.22. The fraction of sp³-hybridized carbons (Fsp3) is 0.429. The lowest BCUT2D eigenvalue weighted by atomic mass is 9.84. The fourth-order valence-corrected chi connectivity index (χ4v) is 3.53. The number of hydrogen-bond donors (Lipinski definition) is 0. The molecule has 2 aromatic carbocycles. The SMILES string of the molecule is COc1nc(-c2ccc(OCC(C)(C)C)cc2)nc(-c2cc(CCC(=O)C(C)(C)C(F)(F)F)ccc2Cl)n1. The Labute approximate surface area is 225 Å². The van der Waals surface area contributed by atoms with Gasteiger partial charge >= 0.3 is 12.2 Å². The van der Waals surface area contributed by atoms with Crippen molar-refractivity contribution in [2.75, 3.05) is 13.7 Å². The highest BCUT2D eigenvalue weighted by Gasteiger charge is 2.51. The Morgan fingerprint density at radius 3 is 2.13 bits per heavy atom. The van der Waals surface area contributed by atoms with Crippen molar-refractivity contribution in [2.24, 2.45) is 10.8 Å². The van der Waals surface area contributed by atoms with E-state index in [0.29, 0.717) is 39.9 Å². The molecule has 3 rings (SSSR count). The first-order valence-electron chi connectivity index (χ1n) is 12.0. The van der Waals surface area contributed by atoms with Crippen LogP contribution in [0.25, 0.3) is 22.8 Å². The van der Waals surface area contributed by atoms with Gasteiger partial charge in [0.2, 0.25) is 0 Å². The van der Waals surface area contributed by atoms with Crippen LogP contribution in [0.15, 0.2) is 42.5 Å². The van der Waals surface area contributed by atoms with Crippen LogP contribution in [0, 0.1) is 10.8 Å². The highest BCUT2D eigenvalue weighted by Crippen LogP contribution is 2.39. The largest absolute Gasteiger partial charge is 0.493 e. The van der Waals surface area contributed by atoms with E-state index in [1.165, 1.54) is 7.11 Å². The first-order valence-corrected chi connectivity index (χ1v) is 12.4.